The Bertz CT molecular complexity index is 975. The van der Waals surface area contributed by atoms with Gasteiger partial charge >= 0.3 is 5.97 Å². The zero-order chi connectivity index (χ0) is 21.7. The second-order valence-corrected chi connectivity index (χ2v) is 6.57. The first-order chi connectivity index (χ1) is 14.4. The molecular weight excluding hydrogens is 394 g/mol. The molecule has 1 heterocycles. The fourth-order valence-corrected chi connectivity index (χ4v) is 3.02. The monoisotopic (exact) mass is 413 g/mol. The van der Waals surface area contributed by atoms with E-state index < -0.39 is 29.3 Å². The fraction of sp³-hybridized carbons (Fsp3) is 0.250. The van der Waals surface area contributed by atoms with E-state index in [1.54, 1.807) is 24.3 Å². The molecule has 0 aliphatic carbocycles. The summed E-state index contributed by atoms with van der Waals surface area (Å²) in [4.78, 5) is 48.1. The number of non-ortho nitro benzene ring substituents is 1. The van der Waals surface area contributed by atoms with E-state index in [2.05, 4.69) is 5.32 Å². The maximum atomic E-state index is 12.3. The van der Waals surface area contributed by atoms with Gasteiger partial charge in [0.05, 0.1) is 18.0 Å². The van der Waals surface area contributed by atoms with E-state index in [1.807, 2.05) is 0 Å². The zero-order valence-electron chi connectivity index (χ0n) is 16.1. The van der Waals surface area contributed by atoms with E-state index >= 15 is 0 Å². The molecule has 10 nitrogen and oxygen atoms in total. The Morgan fingerprint density at radius 2 is 1.97 bits per heavy atom. The average molecular weight is 413 g/mol. The van der Waals surface area contributed by atoms with Gasteiger partial charge < -0.3 is 19.7 Å². The number of benzene rings is 2. The van der Waals surface area contributed by atoms with Crippen molar-refractivity contribution in [2.24, 2.45) is 5.92 Å². The van der Waals surface area contributed by atoms with Crippen LogP contribution >= 0.6 is 0 Å². The van der Waals surface area contributed by atoms with Gasteiger partial charge in [0.1, 0.15) is 5.75 Å². The van der Waals surface area contributed by atoms with Crippen LogP contribution in [0.15, 0.2) is 48.5 Å². The second kappa shape index (κ2) is 9.03. The van der Waals surface area contributed by atoms with Gasteiger partial charge in [0.15, 0.2) is 6.61 Å². The van der Waals surface area contributed by atoms with Crippen LogP contribution in [0.1, 0.15) is 6.42 Å². The molecule has 0 radical (unpaired) electrons. The van der Waals surface area contributed by atoms with Crippen LogP contribution in [-0.2, 0) is 19.1 Å². The minimum atomic E-state index is -0.725. The highest BCUT2D eigenvalue weighted by atomic mass is 16.6. The minimum Gasteiger partial charge on any atom is -0.497 e. The van der Waals surface area contributed by atoms with Crippen molar-refractivity contribution in [2.75, 3.05) is 30.5 Å². The van der Waals surface area contributed by atoms with Gasteiger partial charge in [0.2, 0.25) is 5.91 Å². The lowest BCUT2D eigenvalue weighted by Gasteiger charge is -2.16. The number of carbonyl (C=O) groups is 3. The molecule has 3 rings (SSSR count). The summed E-state index contributed by atoms with van der Waals surface area (Å²) in [6, 6.07) is 12.2. The van der Waals surface area contributed by atoms with Gasteiger partial charge in [-0.3, -0.25) is 24.5 Å². The van der Waals surface area contributed by atoms with Gasteiger partial charge in [0, 0.05) is 42.5 Å². The minimum absolute atomic E-state index is 0.0622. The average Bonchev–Trinajstić information content (AvgIpc) is 3.14. The van der Waals surface area contributed by atoms with Crippen molar-refractivity contribution in [1.29, 1.82) is 0 Å². The van der Waals surface area contributed by atoms with E-state index in [9.17, 15) is 24.5 Å². The Morgan fingerprint density at radius 3 is 2.63 bits per heavy atom. The number of methoxy groups -OCH3 is 1. The molecule has 0 spiro atoms. The van der Waals surface area contributed by atoms with Gasteiger partial charge in [-0.05, 0) is 24.3 Å². The quantitative estimate of drug-likeness (QED) is 0.418. The Balaban J connectivity index is 1.52. The summed E-state index contributed by atoms with van der Waals surface area (Å²) in [5.74, 6) is -1.63. The smallest absolute Gasteiger partial charge is 0.311 e. The summed E-state index contributed by atoms with van der Waals surface area (Å²) in [6.07, 6.45) is -0.0622. The number of nitro benzene ring substituents is 1. The Labute approximate surface area is 171 Å². The molecule has 1 aliphatic heterocycles. The summed E-state index contributed by atoms with van der Waals surface area (Å²) in [5.41, 5.74) is 0.857. The number of rotatable bonds is 7. The normalized spacial score (nSPS) is 15.6. The number of amides is 2. The highest BCUT2D eigenvalue weighted by Gasteiger charge is 2.36. The lowest BCUT2D eigenvalue weighted by atomic mass is 10.1. The van der Waals surface area contributed by atoms with Crippen molar-refractivity contribution in [3.8, 4) is 5.75 Å². The van der Waals surface area contributed by atoms with Gasteiger partial charge in [-0.2, -0.15) is 0 Å². The summed E-state index contributed by atoms with van der Waals surface area (Å²) in [6.45, 7) is -0.411. The molecule has 1 atom stereocenters. The number of nitro groups is 1. The Kier molecular flexibility index (Phi) is 6.26. The summed E-state index contributed by atoms with van der Waals surface area (Å²) in [7, 11) is 1.51. The lowest BCUT2D eigenvalue weighted by molar-refractivity contribution is -0.384. The molecule has 0 bridgehead atoms. The molecule has 10 heteroatoms. The van der Waals surface area contributed by atoms with Crippen molar-refractivity contribution in [1.82, 2.24) is 0 Å². The summed E-state index contributed by atoms with van der Waals surface area (Å²) in [5, 5.41) is 13.3. The first-order valence-electron chi connectivity index (χ1n) is 9.02. The molecule has 30 heavy (non-hydrogen) atoms. The van der Waals surface area contributed by atoms with Crippen LogP contribution in [0.25, 0.3) is 0 Å². The van der Waals surface area contributed by atoms with E-state index in [1.165, 1.54) is 36.3 Å². The number of hydrogen-bond donors (Lipinski definition) is 1. The van der Waals surface area contributed by atoms with Crippen molar-refractivity contribution < 1.29 is 28.8 Å². The van der Waals surface area contributed by atoms with Gasteiger partial charge in [0.25, 0.3) is 11.6 Å². The number of nitrogens with zero attached hydrogens (tertiary/aromatic N) is 2. The third-order valence-corrected chi connectivity index (χ3v) is 4.53. The third-order valence-electron chi connectivity index (χ3n) is 4.53. The number of carbonyl (C=O) groups excluding carboxylic acids is 3. The fourth-order valence-electron chi connectivity index (χ4n) is 3.02. The molecule has 0 saturated carbocycles. The molecule has 1 N–H and O–H groups in total. The lowest BCUT2D eigenvalue weighted by Crippen LogP contribution is -2.28. The predicted octanol–water partition coefficient (Wildman–Crippen LogP) is 2.14. The van der Waals surface area contributed by atoms with Crippen molar-refractivity contribution in [3.05, 3.63) is 58.6 Å². The number of ether oxygens (including phenoxy) is 2. The first kappa shape index (κ1) is 20.8. The van der Waals surface area contributed by atoms with Crippen LogP contribution < -0.4 is 15.0 Å². The summed E-state index contributed by atoms with van der Waals surface area (Å²) < 4.78 is 10.1. The van der Waals surface area contributed by atoms with E-state index in [0.717, 1.165) is 0 Å². The van der Waals surface area contributed by atoms with Gasteiger partial charge in [-0.15, -0.1) is 0 Å². The van der Waals surface area contributed by atoms with Crippen molar-refractivity contribution >= 4 is 34.8 Å². The molecule has 2 amide bonds. The molecule has 1 saturated heterocycles. The zero-order valence-corrected chi connectivity index (χ0v) is 16.1. The molecule has 1 fully saturated rings. The van der Waals surface area contributed by atoms with Crippen LogP contribution in [0.3, 0.4) is 0 Å². The molecular formula is C20H19N3O7. The molecule has 1 aliphatic rings. The predicted molar refractivity (Wildman–Crippen MR) is 106 cm³/mol. The largest absolute Gasteiger partial charge is 0.497 e. The maximum Gasteiger partial charge on any atom is 0.311 e. The Morgan fingerprint density at radius 1 is 1.23 bits per heavy atom. The second-order valence-electron chi connectivity index (χ2n) is 6.57. The van der Waals surface area contributed by atoms with E-state index in [0.29, 0.717) is 17.1 Å². The van der Waals surface area contributed by atoms with Crippen LogP contribution in [-0.4, -0.2) is 43.0 Å². The highest BCUT2D eigenvalue weighted by molar-refractivity contribution is 6.00. The van der Waals surface area contributed by atoms with Crippen LogP contribution in [0.4, 0.5) is 17.1 Å². The standard InChI is InChI=1S/C20H19N3O7/c1-29-17-4-2-3-14(10-17)21-18(24)12-30-20(26)13-9-19(25)22(11-13)15-5-7-16(8-6-15)23(27)28/h2-8,10,13H,9,11-12H2,1H3,(H,21,24)/t13-/m0/s1. The van der Waals surface area contributed by atoms with Crippen molar-refractivity contribution in [3.63, 3.8) is 0 Å². The van der Waals surface area contributed by atoms with Crippen LogP contribution in [0.5, 0.6) is 5.75 Å². The maximum absolute atomic E-state index is 12.3. The molecule has 2 aromatic rings. The molecule has 0 aromatic heterocycles. The van der Waals surface area contributed by atoms with Crippen LogP contribution in [0.2, 0.25) is 0 Å². The topological polar surface area (TPSA) is 128 Å². The highest BCUT2D eigenvalue weighted by Crippen LogP contribution is 2.27. The first-order valence-corrected chi connectivity index (χ1v) is 9.02. The van der Waals surface area contributed by atoms with Gasteiger partial charge in [-0.1, -0.05) is 6.07 Å². The third kappa shape index (κ3) is 4.90. The molecule has 2 aromatic carbocycles. The van der Waals surface area contributed by atoms with E-state index in [-0.39, 0.29) is 24.6 Å². The number of anilines is 2. The molecule has 156 valence electrons. The number of esters is 1. The number of nitrogens with one attached hydrogen (secondary N) is 1. The van der Waals surface area contributed by atoms with Crippen molar-refractivity contribution in [2.45, 2.75) is 6.42 Å². The summed E-state index contributed by atoms with van der Waals surface area (Å²) >= 11 is 0. The molecule has 0 unspecified atom stereocenters. The van der Waals surface area contributed by atoms with Crippen LogP contribution in [0, 0.1) is 16.0 Å². The van der Waals surface area contributed by atoms with Gasteiger partial charge in [-0.25, -0.2) is 0 Å². The Hall–Kier alpha value is -3.95. The SMILES string of the molecule is COc1cccc(NC(=O)COC(=O)[C@H]2CC(=O)N(c3ccc([N+](=O)[O-])cc3)C2)c1. The number of hydrogen-bond acceptors (Lipinski definition) is 7. The van der Waals surface area contributed by atoms with E-state index in [4.69, 9.17) is 9.47 Å².